The van der Waals surface area contributed by atoms with Crippen molar-refractivity contribution in [1.29, 1.82) is 0 Å². The molecule has 0 aliphatic carbocycles. The average molecular weight is 239 g/mol. The maximum absolute atomic E-state index is 5.89. The Kier molecular flexibility index (Phi) is 2.84. The molecule has 78 valence electrons. The highest BCUT2D eigenvalue weighted by molar-refractivity contribution is 7.19. The van der Waals surface area contributed by atoms with Gasteiger partial charge < -0.3 is 11.1 Å². The van der Waals surface area contributed by atoms with Crippen LogP contribution in [0.2, 0.25) is 4.34 Å². The second-order valence-electron chi connectivity index (χ2n) is 3.27. The molecule has 0 amide bonds. The summed E-state index contributed by atoms with van der Waals surface area (Å²) in [5.74, 6) is 0. The third-order valence-corrected chi connectivity index (χ3v) is 3.27. The highest BCUT2D eigenvalue weighted by Crippen LogP contribution is 2.32. The molecule has 0 spiro atoms. The second kappa shape index (κ2) is 4.13. The van der Waals surface area contributed by atoms with E-state index in [1.54, 1.807) is 0 Å². The molecule has 1 heterocycles. The summed E-state index contributed by atoms with van der Waals surface area (Å²) in [6.45, 7) is 2.02. The first-order chi connectivity index (χ1) is 7.16. The van der Waals surface area contributed by atoms with Crippen molar-refractivity contribution in [3.05, 3.63) is 40.2 Å². The van der Waals surface area contributed by atoms with Crippen molar-refractivity contribution in [1.82, 2.24) is 0 Å². The maximum Gasteiger partial charge on any atom is 0.0950 e. The zero-order valence-electron chi connectivity index (χ0n) is 8.25. The summed E-state index contributed by atoms with van der Waals surface area (Å²) < 4.78 is 0.768. The van der Waals surface area contributed by atoms with E-state index in [9.17, 15) is 0 Å². The third kappa shape index (κ3) is 2.25. The molecule has 0 radical (unpaired) electrons. The lowest BCUT2D eigenvalue weighted by atomic mass is 10.2. The van der Waals surface area contributed by atoms with Crippen molar-refractivity contribution < 1.29 is 0 Å². The first-order valence-corrected chi connectivity index (χ1v) is 5.74. The van der Waals surface area contributed by atoms with E-state index < -0.39 is 0 Å². The van der Waals surface area contributed by atoms with Gasteiger partial charge in [0.15, 0.2) is 0 Å². The molecule has 0 fully saturated rings. The lowest BCUT2D eigenvalue weighted by molar-refractivity contribution is 1.45. The van der Waals surface area contributed by atoms with E-state index in [2.05, 4.69) is 5.32 Å². The first-order valence-electron chi connectivity index (χ1n) is 4.54. The standard InChI is InChI=1S/C11H11ClN2S/c1-7-3-2-4-8(13)11(7)14-10-6-5-9(12)15-10/h2-6,14H,13H2,1H3. The summed E-state index contributed by atoms with van der Waals surface area (Å²) in [5, 5.41) is 4.27. The lowest BCUT2D eigenvalue weighted by Gasteiger charge is -2.10. The van der Waals surface area contributed by atoms with Crippen LogP contribution in [0.4, 0.5) is 16.4 Å². The highest BCUT2D eigenvalue weighted by atomic mass is 35.5. The summed E-state index contributed by atoms with van der Waals surface area (Å²) in [6, 6.07) is 9.65. The normalized spacial score (nSPS) is 10.3. The van der Waals surface area contributed by atoms with Crippen molar-refractivity contribution in [2.24, 2.45) is 0 Å². The molecule has 2 rings (SSSR count). The van der Waals surface area contributed by atoms with Crippen molar-refractivity contribution in [2.75, 3.05) is 11.1 Å². The second-order valence-corrected chi connectivity index (χ2v) is 4.98. The number of hydrogen-bond donors (Lipinski definition) is 2. The van der Waals surface area contributed by atoms with E-state index in [0.717, 1.165) is 26.3 Å². The number of hydrogen-bond acceptors (Lipinski definition) is 3. The number of thiophene rings is 1. The number of anilines is 3. The van der Waals surface area contributed by atoms with Gasteiger partial charge in [0.1, 0.15) is 0 Å². The van der Waals surface area contributed by atoms with Crippen LogP contribution in [0, 0.1) is 6.92 Å². The molecule has 0 bridgehead atoms. The summed E-state index contributed by atoms with van der Waals surface area (Å²) in [7, 11) is 0. The van der Waals surface area contributed by atoms with E-state index >= 15 is 0 Å². The van der Waals surface area contributed by atoms with Gasteiger partial charge in [0.05, 0.1) is 20.7 Å². The number of rotatable bonds is 2. The molecular weight excluding hydrogens is 228 g/mol. The topological polar surface area (TPSA) is 38.0 Å². The minimum atomic E-state index is 0.750. The van der Waals surface area contributed by atoms with Crippen LogP contribution in [0.25, 0.3) is 0 Å². The number of benzene rings is 1. The quantitative estimate of drug-likeness (QED) is 0.775. The first kappa shape index (κ1) is 10.3. The monoisotopic (exact) mass is 238 g/mol. The Hall–Kier alpha value is -1.19. The molecule has 2 nitrogen and oxygen atoms in total. The van der Waals surface area contributed by atoms with Crippen LogP contribution in [0.1, 0.15) is 5.56 Å². The van der Waals surface area contributed by atoms with Gasteiger partial charge in [0.2, 0.25) is 0 Å². The van der Waals surface area contributed by atoms with Gasteiger partial charge in [-0.2, -0.15) is 0 Å². The molecule has 2 aromatic rings. The van der Waals surface area contributed by atoms with Crippen molar-refractivity contribution >= 4 is 39.3 Å². The minimum absolute atomic E-state index is 0.750. The lowest BCUT2D eigenvalue weighted by Crippen LogP contribution is -1.96. The molecule has 0 saturated carbocycles. The van der Waals surface area contributed by atoms with Gasteiger partial charge in [-0.25, -0.2) is 0 Å². The molecule has 15 heavy (non-hydrogen) atoms. The van der Waals surface area contributed by atoms with E-state index in [4.69, 9.17) is 17.3 Å². The fourth-order valence-electron chi connectivity index (χ4n) is 1.37. The van der Waals surface area contributed by atoms with Crippen LogP contribution in [-0.2, 0) is 0 Å². The molecule has 4 heteroatoms. The van der Waals surface area contributed by atoms with Crippen LogP contribution < -0.4 is 11.1 Å². The molecule has 0 atom stereocenters. The SMILES string of the molecule is Cc1cccc(N)c1Nc1ccc(Cl)s1. The predicted molar refractivity (Wildman–Crippen MR) is 68.2 cm³/mol. The number of nitrogens with two attached hydrogens (primary N) is 1. The molecule has 0 aliphatic heterocycles. The van der Waals surface area contributed by atoms with Crippen molar-refractivity contribution in [3.8, 4) is 0 Å². The van der Waals surface area contributed by atoms with E-state index in [1.165, 1.54) is 11.3 Å². The molecule has 1 aromatic carbocycles. The smallest absolute Gasteiger partial charge is 0.0950 e. The zero-order valence-corrected chi connectivity index (χ0v) is 9.82. The van der Waals surface area contributed by atoms with Crippen LogP contribution in [0.15, 0.2) is 30.3 Å². The zero-order chi connectivity index (χ0) is 10.8. The highest BCUT2D eigenvalue weighted by Gasteiger charge is 2.04. The van der Waals surface area contributed by atoms with Crippen molar-refractivity contribution in [2.45, 2.75) is 6.92 Å². The van der Waals surface area contributed by atoms with Crippen molar-refractivity contribution in [3.63, 3.8) is 0 Å². The predicted octanol–water partition coefficient (Wildman–Crippen LogP) is 4.04. The molecule has 0 saturated heterocycles. The summed E-state index contributed by atoms with van der Waals surface area (Å²) in [5.41, 5.74) is 8.71. The van der Waals surface area contributed by atoms with E-state index in [1.807, 2.05) is 37.3 Å². The summed E-state index contributed by atoms with van der Waals surface area (Å²) in [4.78, 5) is 0. The molecule has 1 aromatic heterocycles. The Balaban J connectivity index is 2.31. The number of halogens is 1. The largest absolute Gasteiger partial charge is 0.397 e. The van der Waals surface area contributed by atoms with Gasteiger partial charge in [-0.3, -0.25) is 0 Å². The molecule has 0 aliphatic rings. The number of nitrogen functional groups attached to an aromatic ring is 1. The Morgan fingerprint density at radius 3 is 2.67 bits per heavy atom. The van der Waals surface area contributed by atoms with E-state index in [0.29, 0.717) is 0 Å². The summed E-state index contributed by atoms with van der Waals surface area (Å²) in [6.07, 6.45) is 0. The number of aryl methyl sites for hydroxylation is 1. The maximum atomic E-state index is 5.89. The minimum Gasteiger partial charge on any atom is -0.397 e. The molecular formula is C11H11ClN2S. The van der Waals surface area contributed by atoms with Gasteiger partial charge in [0, 0.05) is 0 Å². The van der Waals surface area contributed by atoms with Crippen LogP contribution in [0.5, 0.6) is 0 Å². The van der Waals surface area contributed by atoms with E-state index in [-0.39, 0.29) is 0 Å². The molecule has 0 unspecified atom stereocenters. The fraction of sp³-hybridized carbons (Fsp3) is 0.0909. The van der Waals surface area contributed by atoms with Gasteiger partial charge in [0.25, 0.3) is 0 Å². The van der Waals surface area contributed by atoms with Crippen LogP contribution in [-0.4, -0.2) is 0 Å². The number of para-hydroxylation sites is 1. The fourth-order valence-corrected chi connectivity index (χ4v) is 2.31. The van der Waals surface area contributed by atoms with Gasteiger partial charge >= 0.3 is 0 Å². The Morgan fingerprint density at radius 1 is 1.27 bits per heavy atom. The van der Waals surface area contributed by atoms with Crippen LogP contribution in [0.3, 0.4) is 0 Å². The Bertz CT molecular complexity index is 459. The third-order valence-electron chi connectivity index (χ3n) is 2.13. The van der Waals surface area contributed by atoms with Gasteiger partial charge in [-0.05, 0) is 30.7 Å². The molecule has 3 N–H and O–H groups in total. The van der Waals surface area contributed by atoms with Gasteiger partial charge in [-0.1, -0.05) is 23.7 Å². The van der Waals surface area contributed by atoms with Gasteiger partial charge in [-0.15, -0.1) is 11.3 Å². The Labute approximate surface area is 97.7 Å². The van der Waals surface area contributed by atoms with Crippen LogP contribution >= 0.6 is 22.9 Å². The average Bonchev–Trinajstić information content (AvgIpc) is 2.58. The Morgan fingerprint density at radius 2 is 2.07 bits per heavy atom. The number of nitrogens with one attached hydrogen (secondary N) is 1. The summed E-state index contributed by atoms with van der Waals surface area (Å²) >= 11 is 7.35.